The molecule has 0 aromatic carbocycles. The normalized spacial score (nSPS) is 28.5. The SMILES string of the molecule is Cc1ncsc1C(=O)NC1CCN(C(=O)N[C@@H]2CC[C@@H]3CCCC[C@H]3C2)CC1. The number of urea groups is 1. The van der Waals surface area contributed by atoms with Crippen molar-refractivity contribution in [2.45, 2.75) is 76.8 Å². The van der Waals surface area contributed by atoms with Crippen molar-refractivity contribution < 1.29 is 9.59 Å². The van der Waals surface area contributed by atoms with Crippen LogP contribution in [0.4, 0.5) is 4.79 Å². The van der Waals surface area contributed by atoms with Gasteiger partial charge in [0.05, 0.1) is 11.2 Å². The highest BCUT2D eigenvalue weighted by Crippen LogP contribution is 2.40. The molecule has 3 atom stereocenters. The molecule has 3 aliphatic rings. The van der Waals surface area contributed by atoms with Crippen LogP contribution in [0.2, 0.25) is 0 Å². The molecule has 0 spiro atoms. The third kappa shape index (κ3) is 4.50. The number of piperidine rings is 1. The number of aromatic nitrogens is 1. The average Bonchev–Trinajstić information content (AvgIpc) is 3.14. The van der Waals surface area contributed by atoms with Crippen LogP contribution < -0.4 is 10.6 Å². The standard InChI is InChI=1S/C21H32N4O2S/c1-14-19(28-13-22-14)20(26)23-17-8-10-25(11-9-17)21(27)24-18-7-6-15-4-2-3-5-16(15)12-18/h13,15-18H,2-12H2,1H3,(H,23,26)(H,24,27)/t15-,16-,18+/m0/s1. The Hall–Kier alpha value is -1.63. The lowest BCUT2D eigenvalue weighted by molar-refractivity contribution is 0.0919. The topological polar surface area (TPSA) is 74.3 Å². The molecule has 2 N–H and O–H groups in total. The number of nitrogens with one attached hydrogen (secondary N) is 2. The fourth-order valence-electron chi connectivity index (χ4n) is 5.27. The molecule has 2 saturated carbocycles. The van der Waals surface area contributed by atoms with Crippen LogP contribution in [0.25, 0.3) is 0 Å². The number of nitrogens with zero attached hydrogens (tertiary/aromatic N) is 2. The molecule has 1 aromatic heterocycles. The van der Waals surface area contributed by atoms with E-state index < -0.39 is 0 Å². The molecule has 0 unspecified atom stereocenters. The van der Waals surface area contributed by atoms with Crippen LogP contribution in [0.15, 0.2) is 5.51 Å². The monoisotopic (exact) mass is 404 g/mol. The molecule has 6 nitrogen and oxygen atoms in total. The maximum atomic E-state index is 12.7. The highest BCUT2D eigenvalue weighted by Gasteiger charge is 2.33. The molecule has 0 bridgehead atoms. The van der Waals surface area contributed by atoms with E-state index in [0.29, 0.717) is 24.0 Å². The summed E-state index contributed by atoms with van der Waals surface area (Å²) in [6, 6.07) is 0.566. The van der Waals surface area contributed by atoms with Crippen molar-refractivity contribution in [2.24, 2.45) is 11.8 Å². The van der Waals surface area contributed by atoms with Gasteiger partial charge in [0, 0.05) is 25.2 Å². The lowest BCUT2D eigenvalue weighted by atomic mass is 9.69. The van der Waals surface area contributed by atoms with Gasteiger partial charge in [-0.05, 0) is 50.9 Å². The van der Waals surface area contributed by atoms with Crippen molar-refractivity contribution in [3.63, 3.8) is 0 Å². The minimum absolute atomic E-state index is 0.0351. The van der Waals surface area contributed by atoms with Gasteiger partial charge in [0.25, 0.3) is 5.91 Å². The van der Waals surface area contributed by atoms with Gasteiger partial charge in [-0.15, -0.1) is 11.3 Å². The number of fused-ring (bicyclic) bond motifs is 1. The first kappa shape index (κ1) is 19.7. The average molecular weight is 405 g/mol. The Kier molecular flexibility index (Phi) is 6.19. The summed E-state index contributed by atoms with van der Waals surface area (Å²) in [5.41, 5.74) is 2.49. The van der Waals surface area contributed by atoms with E-state index in [-0.39, 0.29) is 18.0 Å². The Balaban J connectivity index is 1.21. The molecular formula is C21H32N4O2S. The van der Waals surface area contributed by atoms with E-state index in [4.69, 9.17) is 0 Å². The zero-order chi connectivity index (χ0) is 19.5. The molecule has 7 heteroatoms. The maximum Gasteiger partial charge on any atom is 0.317 e. The van der Waals surface area contributed by atoms with Gasteiger partial charge in [0.15, 0.2) is 0 Å². The molecule has 28 heavy (non-hydrogen) atoms. The number of likely N-dealkylation sites (tertiary alicyclic amines) is 1. The van der Waals surface area contributed by atoms with Gasteiger partial charge >= 0.3 is 6.03 Å². The third-order valence-electron chi connectivity index (χ3n) is 6.94. The fourth-order valence-corrected chi connectivity index (χ4v) is 5.97. The predicted octanol–water partition coefficient (Wildman–Crippen LogP) is 3.71. The molecule has 2 heterocycles. The summed E-state index contributed by atoms with van der Waals surface area (Å²) in [4.78, 5) is 31.8. The van der Waals surface area contributed by atoms with Gasteiger partial charge in [-0.25, -0.2) is 9.78 Å². The summed E-state index contributed by atoms with van der Waals surface area (Å²) in [6.45, 7) is 3.27. The van der Waals surface area contributed by atoms with Crippen molar-refractivity contribution >= 4 is 23.3 Å². The molecule has 2 aliphatic carbocycles. The first-order valence-electron chi connectivity index (χ1n) is 10.9. The number of hydrogen-bond acceptors (Lipinski definition) is 4. The van der Waals surface area contributed by atoms with E-state index in [0.717, 1.165) is 43.2 Å². The number of aryl methyl sites for hydroxylation is 1. The summed E-state index contributed by atoms with van der Waals surface area (Å²) in [5, 5.41) is 6.41. The lowest BCUT2D eigenvalue weighted by Gasteiger charge is -2.40. The van der Waals surface area contributed by atoms with Crippen LogP contribution >= 0.6 is 11.3 Å². The van der Waals surface area contributed by atoms with Gasteiger partial charge in [0.2, 0.25) is 0 Å². The van der Waals surface area contributed by atoms with Gasteiger partial charge in [-0.3, -0.25) is 4.79 Å². The third-order valence-corrected chi connectivity index (χ3v) is 7.86. The quantitative estimate of drug-likeness (QED) is 0.806. The largest absolute Gasteiger partial charge is 0.348 e. The highest BCUT2D eigenvalue weighted by molar-refractivity contribution is 7.11. The molecule has 4 rings (SSSR count). The van der Waals surface area contributed by atoms with Crippen molar-refractivity contribution in [2.75, 3.05) is 13.1 Å². The Labute approximate surface area is 171 Å². The van der Waals surface area contributed by atoms with Gasteiger partial charge in [-0.1, -0.05) is 25.7 Å². The molecule has 0 radical (unpaired) electrons. The second-order valence-electron chi connectivity index (χ2n) is 8.77. The minimum Gasteiger partial charge on any atom is -0.348 e. The van der Waals surface area contributed by atoms with Crippen LogP contribution in [0, 0.1) is 18.8 Å². The van der Waals surface area contributed by atoms with Crippen LogP contribution in [0.5, 0.6) is 0 Å². The van der Waals surface area contributed by atoms with E-state index in [2.05, 4.69) is 15.6 Å². The Morgan fingerprint density at radius 2 is 1.75 bits per heavy atom. The van der Waals surface area contributed by atoms with Gasteiger partial charge < -0.3 is 15.5 Å². The minimum atomic E-state index is -0.0351. The summed E-state index contributed by atoms with van der Waals surface area (Å²) in [7, 11) is 0. The Bertz CT molecular complexity index is 698. The number of carbonyl (C=O) groups is 2. The van der Waals surface area contributed by atoms with Gasteiger partial charge in [0.1, 0.15) is 4.88 Å². The second kappa shape index (κ2) is 8.80. The first-order valence-corrected chi connectivity index (χ1v) is 11.7. The summed E-state index contributed by atoms with van der Waals surface area (Å²) >= 11 is 1.38. The maximum absolute atomic E-state index is 12.7. The molecule has 1 aliphatic heterocycles. The van der Waals surface area contributed by atoms with Gasteiger partial charge in [-0.2, -0.15) is 0 Å². The van der Waals surface area contributed by atoms with Crippen LogP contribution in [0.1, 0.15) is 73.2 Å². The van der Waals surface area contributed by atoms with Crippen molar-refractivity contribution in [3.05, 3.63) is 16.1 Å². The van der Waals surface area contributed by atoms with E-state index in [1.165, 1.54) is 43.4 Å². The highest BCUT2D eigenvalue weighted by atomic mass is 32.1. The van der Waals surface area contributed by atoms with Crippen LogP contribution in [0.3, 0.4) is 0 Å². The zero-order valence-electron chi connectivity index (χ0n) is 16.8. The van der Waals surface area contributed by atoms with E-state index in [1.807, 2.05) is 11.8 Å². The van der Waals surface area contributed by atoms with Crippen LogP contribution in [-0.2, 0) is 0 Å². The zero-order valence-corrected chi connectivity index (χ0v) is 17.6. The predicted molar refractivity (Wildman–Crippen MR) is 111 cm³/mol. The van der Waals surface area contributed by atoms with Crippen molar-refractivity contribution in [1.82, 2.24) is 20.5 Å². The number of thiazole rings is 1. The molecule has 154 valence electrons. The van der Waals surface area contributed by atoms with Crippen molar-refractivity contribution in [3.8, 4) is 0 Å². The summed E-state index contributed by atoms with van der Waals surface area (Å²) in [6.07, 6.45) is 10.7. The molecule has 3 amide bonds. The van der Waals surface area contributed by atoms with Crippen molar-refractivity contribution in [1.29, 1.82) is 0 Å². The van der Waals surface area contributed by atoms with E-state index in [1.54, 1.807) is 5.51 Å². The van der Waals surface area contributed by atoms with E-state index >= 15 is 0 Å². The van der Waals surface area contributed by atoms with E-state index in [9.17, 15) is 9.59 Å². The second-order valence-corrected chi connectivity index (χ2v) is 9.62. The smallest absolute Gasteiger partial charge is 0.317 e. The van der Waals surface area contributed by atoms with Crippen LogP contribution in [-0.4, -0.2) is 47.0 Å². The lowest BCUT2D eigenvalue weighted by Crippen LogP contribution is -2.52. The summed E-state index contributed by atoms with van der Waals surface area (Å²) < 4.78 is 0. The molecule has 1 saturated heterocycles. The number of hydrogen-bond donors (Lipinski definition) is 2. The fraction of sp³-hybridized carbons (Fsp3) is 0.762. The Morgan fingerprint density at radius 3 is 2.46 bits per heavy atom. The Morgan fingerprint density at radius 1 is 1.00 bits per heavy atom. The molecule has 1 aromatic rings. The number of rotatable bonds is 3. The molecular weight excluding hydrogens is 372 g/mol. The first-order chi connectivity index (χ1) is 13.6. The number of amides is 3. The molecule has 3 fully saturated rings. The summed E-state index contributed by atoms with van der Waals surface area (Å²) in [5.74, 6) is 1.69. The number of carbonyl (C=O) groups excluding carboxylic acids is 2.